The van der Waals surface area contributed by atoms with E-state index in [0.29, 0.717) is 5.56 Å². The van der Waals surface area contributed by atoms with E-state index in [-0.39, 0.29) is 18.5 Å². The van der Waals surface area contributed by atoms with Gasteiger partial charge in [-0.25, -0.2) is 8.78 Å². The maximum Gasteiger partial charge on any atom is 0.278 e. The molecule has 1 heterocycles. The molecule has 1 saturated heterocycles. The monoisotopic (exact) mass is 389 g/mol. The van der Waals surface area contributed by atoms with Crippen molar-refractivity contribution < 1.29 is 23.8 Å². The number of nitrogens with zero attached hydrogens (tertiary/aromatic N) is 1. The van der Waals surface area contributed by atoms with E-state index in [2.05, 4.69) is 31.2 Å². The van der Waals surface area contributed by atoms with E-state index in [4.69, 9.17) is 0 Å². The van der Waals surface area contributed by atoms with Gasteiger partial charge in [-0.2, -0.15) is 0 Å². The number of aryl methyl sites for hydroxylation is 1. The number of carbonyl (C=O) groups is 1. The van der Waals surface area contributed by atoms with Gasteiger partial charge < -0.3 is 15.1 Å². The molecule has 0 spiro atoms. The molecule has 6 heteroatoms. The Kier molecular flexibility index (Phi) is 6.75. The Morgan fingerprint density at radius 2 is 1.89 bits per heavy atom. The molecule has 2 aromatic rings. The van der Waals surface area contributed by atoms with E-state index in [1.807, 2.05) is 17.1 Å². The van der Waals surface area contributed by atoms with Crippen molar-refractivity contribution in [1.82, 2.24) is 4.90 Å². The van der Waals surface area contributed by atoms with Crippen LogP contribution in [0.1, 0.15) is 29.7 Å². The molecular weight excluding hydrogens is 360 g/mol. The molecule has 1 amide bonds. The minimum Gasteiger partial charge on any atom is -0.332 e. The Bertz CT molecular complexity index is 819. The number of carbonyl (C=O) groups excluding carboxylic acids is 1. The quantitative estimate of drug-likeness (QED) is 0.755. The molecular formula is C22H29F2N3O+2. The number of amides is 1. The van der Waals surface area contributed by atoms with Gasteiger partial charge in [-0.1, -0.05) is 24.3 Å². The summed E-state index contributed by atoms with van der Waals surface area (Å²) in [6.45, 7) is 8.57. The van der Waals surface area contributed by atoms with Gasteiger partial charge in [0.2, 0.25) is 0 Å². The normalized spacial score (nSPS) is 16.2. The van der Waals surface area contributed by atoms with Crippen molar-refractivity contribution in [2.45, 2.75) is 26.4 Å². The summed E-state index contributed by atoms with van der Waals surface area (Å²) in [5.74, 6) is -1.08. The van der Waals surface area contributed by atoms with Gasteiger partial charge in [0, 0.05) is 17.2 Å². The number of piperazine rings is 1. The highest BCUT2D eigenvalue weighted by atomic mass is 19.1. The van der Waals surface area contributed by atoms with E-state index in [1.54, 1.807) is 0 Å². The minimum atomic E-state index is -0.587. The predicted molar refractivity (Wildman–Crippen MR) is 104 cm³/mol. The second-order valence-electron chi connectivity index (χ2n) is 7.63. The predicted octanol–water partition coefficient (Wildman–Crippen LogP) is 0.825. The lowest BCUT2D eigenvalue weighted by atomic mass is 10.1. The van der Waals surface area contributed by atoms with Crippen LogP contribution in [0.3, 0.4) is 0 Å². The zero-order chi connectivity index (χ0) is 20.1. The Balaban J connectivity index is 1.45. The first-order chi connectivity index (χ1) is 13.4. The van der Waals surface area contributed by atoms with Crippen LogP contribution in [-0.4, -0.2) is 43.5 Å². The van der Waals surface area contributed by atoms with Crippen molar-refractivity contribution in [3.63, 3.8) is 0 Å². The zero-order valence-corrected chi connectivity index (χ0v) is 16.6. The van der Waals surface area contributed by atoms with Crippen molar-refractivity contribution >= 4 is 5.91 Å². The Morgan fingerprint density at radius 3 is 2.57 bits per heavy atom. The molecule has 0 unspecified atom stereocenters. The van der Waals surface area contributed by atoms with Crippen molar-refractivity contribution in [2.24, 2.45) is 0 Å². The first kappa shape index (κ1) is 20.4. The number of hydrogen-bond donors (Lipinski definition) is 2. The highest BCUT2D eigenvalue weighted by Gasteiger charge is 2.25. The summed E-state index contributed by atoms with van der Waals surface area (Å²) in [7, 11) is 0. The van der Waals surface area contributed by atoms with Crippen LogP contribution in [0.5, 0.6) is 0 Å². The summed E-state index contributed by atoms with van der Waals surface area (Å²) in [5.41, 5.74) is 3.09. The Labute approximate surface area is 165 Å². The van der Waals surface area contributed by atoms with Crippen LogP contribution in [-0.2, 0) is 11.3 Å². The van der Waals surface area contributed by atoms with Gasteiger partial charge >= 0.3 is 0 Å². The van der Waals surface area contributed by atoms with E-state index < -0.39 is 11.6 Å². The third-order valence-electron chi connectivity index (χ3n) is 5.62. The van der Waals surface area contributed by atoms with Gasteiger partial charge in [0.25, 0.3) is 5.91 Å². The number of benzene rings is 2. The third-order valence-corrected chi connectivity index (χ3v) is 5.62. The van der Waals surface area contributed by atoms with Crippen molar-refractivity contribution in [3.05, 3.63) is 70.8 Å². The summed E-state index contributed by atoms with van der Waals surface area (Å²) >= 11 is 0. The topological polar surface area (TPSA) is 41.4 Å². The van der Waals surface area contributed by atoms with E-state index in [9.17, 15) is 13.6 Å². The molecule has 3 N–H and O–H groups in total. The maximum absolute atomic E-state index is 13.9. The van der Waals surface area contributed by atoms with Crippen molar-refractivity contribution in [3.8, 4) is 0 Å². The van der Waals surface area contributed by atoms with Crippen molar-refractivity contribution in [1.29, 1.82) is 0 Å². The van der Waals surface area contributed by atoms with E-state index in [1.165, 1.54) is 28.2 Å². The van der Waals surface area contributed by atoms with Crippen LogP contribution in [0.4, 0.5) is 8.78 Å². The van der Waals surface area contributed by atoms with Gasteiger partial charge in [0.1, 0.15) is 24.2 Å². The number of halogens is 2. The van der Waals surface area contributed by atoms with Crippen LogP contribution in [0.2, 0.25) is 0 Å². The van der Waals surface area contributed by atoms with E-state index in [0.717, 1.165) is 38.8 Å². The van der Waals surface area contributed by atoms with Gasteiger partial charge in [0.05, 0.1) is 26.2 Å². The molecule has 0 bridgehead atoms. The molecule has 0 aliphatic carbocycles. The summed E-state index contributed by atoms with van der Waals surface area (Å²) in [6, 6.07) is 11.8. The van der Waals surface area contributed by atoms with Crippen LogP contribution in [0.15, 0.2) is 42.5 Å². The molecule has 0 saturated carbocycles. The lowest BCUT2D eigenvalue weighted by Gasteiger charge is -2.32. The molecule has 0 radical (unpaired) electrons. The number of nitrogens with two attached hydrogens (primary N) is 1. The average molecular weight is 389 g/mol. The molecule has 4 nitrogen and oxygen atoms in total. The maximum atomic E-state index is 13.9. The highest BCUT2D eigenvalue weighted by Crippen LogP contribution is 2.14. The largest absolute Gasteiger partial charge is 0.332 e. The third kappa shape index (κ3) is 5.14. The molecule has 1 aliphatic rings. The van der Waals surface area contributed by atoms with Gasteiger partial charge in [-0.05, 0) is 31.5 Å². The zero-order valence-electron chi connectivity index (χ0n) is 16.6. The van der Waals surface area contributed by atoms with Gasteiger partial charge in [-0.15, -0.1) is 0 Å². The second-order valence-corrected chi connectivity index (χ2v) is 7.63. The minimum absolute atomic E-state index is 0.0734. The Hall–Kier alpha value is -2.31. The lowest BCUT2D eigenvalue weighted by Crippen LogP contribution is -3.13. The van der Waals surface area contributed by atoms with Crippen LogP contribution >= 0.6 is 0 Å². The first-order valence-electron chi connectivity index (χ1n) is 9.88. The fourth-order valence-electron chi connectivity index (χ4n) is 3.73. The molecule has 1 atom stereocenters. The fourth-order valence-corrected chi connectivity index (χ4v) is 3.73. The molecule has 1 fully saturated rings. The molecule has 1 aliphatic heterocycles. The SMILES string of the molecule is Cc1ccccc1C[NH+]1CCN(C(=O)C[NH2+][C@H](C)c2ccc(F)cc2F)CC1. The Morgan fingerprint density at radius 1 is 1.18 bits per heavy atom. The first-order valence-corrected chi connectivity index (χ1v) is 9.88. The number of rotatable bonds is 6. The molecule has 0 aromatic heterocycles. The average Bonchev–Trinajstić information content (AvgIpc) is 2.68. The standard InChI is InChI=1S/C22H27F2N3O/c1-16-5-3-4-6-18(16)15-26-9-11-27(12-10-26)22(28)14-25-17(2)20-8-7-19(23)13-21(20)24/h3-8,13,17,25H,9-12,14-15H2,1-2H3/p+2/t17-/m1/s1. The molecule has 3 rings (SSSR count). The fraction of sp³-hybridized carbons (Fsp3) is 0.409. The molecule has 28 heavy (non-hydrogen) atoms. The lowest BCUT2D eigenvalue weighted by molar-refractivity contribution is -0.917. The van der Waals surface area contributed by atoms with E-state index >= 15 is 0 Å². The second kappa shape index (κ2) is 9.26. The summed E-state index contributed by atoms with van der Waals surface area (Å²) in [6.07, 6.45) is 0. The van der Waals surface area contributed by atoms with Gasteiger partial charge in [-0.3, -0.25) is 4.79 Å². The van der Waals surface area contributed by atoms with Gasteiger partial charge in [0.15, 0.2) is 6.54 Å². The summed E-state index contributed by atoms with van der Waals surface area (Å²) in [4.78, 5) is 15.9. The van der Waals surface area contributed by atoms with Crippen LogP contribution in [0, 0.1) is 18.6 Å². The number of nitrogens with one attached hydrogen (secondary N) is 1. The van der Waals surface area contributed by atoms with Crippen LogP contribution < -0.4 is 10.2 Å². The number of quaternary nitrogens is 2. The number of hydrogen-bond acceptors (Lipinski definition) is 1. The van der Waals surface area contributed by atoms with Crippen molar-refractivity contribution in [2.75, 3.05) is 32.7 Å². The molecule has 2 aromatic carbocycles. The highest BCUT2D eigenvalue weighted by molar-refractivity contribution is 5.77. The summed E-state index contributed by atoms with van der Waals surface area (Å²) in [5, 5.41) is 1.81. The van der Waals surface area contributed by atoms with Crippen LogP contribution in [0.25, 0.3) is 0 Å². The smallest absolute Gasteiger partial charge is 0.278 e. The molecule has 150 valence electrons. The summed E-state index contributed by atoms with van der Waals surface area (Å²) < 4.78 is 26.9.